The molecule has 2 amide bonds. The molecular formula is C29H32BrFN2O3. The Morgan fingerprint density at radius 1 is 1.03 bits per heavy atom. The normalized spacial score (nSPS) is 12.1. The van der Waals surface area contributed by atoms with E-state index in [0.717, 1.165) is 15.6 Å². The van der Waals surface area contributed by atoms with Crippen molar-refractivity contribution >= 4 is 27.7 Å². The van der Waals surface area contributed by atoms with Crippen molar-refractivity contribution in [3.63, 3.8) is 0 Å². The number of ether oxygens (including phenoxy) is 1. The summed E-state index contributed by atoms with van der Waals surface area (Å²) in [4.78, 5) is 28.5. The van der Waals surface area contributed by atoms with Crippen LogP contribution in [0, 0.1) is 12.7 Å². The predicted octanol–water partition coefficient (Wildman–Crippen LogP) is 5.83. The molecule has 0 aliphatic rings. The van der Waals surface area contributed by atoms with Gasteiger partial charge in [0, 0.05) is 28.5 Å². The third-order valence-corrected chi connectivity index (χ3v) is 6.45. The molecule has 0 fully saturated rings. The molecule has 1 unspecified atom stereocenters. The number of amides is 2. The number of nitrogens with zero attached hydrogens (tertiary/aromatic N) is 1. The van der Waals surface area contributed by atoms with Crippen LogP contribution in [0.4, 0.5) is 4.39 Å². The number of rotatable bonds is 9. The van der Waals surface area contributed by atoms with Gasteiger partial charge < -0.3 is 15.0 Å². The van der Waals surface area contributed by atoms with Crippen molar-refractivity contribution in [1.29, 1.82) is 0 Å². The highest BCUT2D eigenvalue weighted by Gasteiger charge is 2.33. The van der Waals surface area contributed by atoms with E-state index in [1.165, 1.54) is 11.0 Å². The summed E-state index contributed by atoms with van der Waals surface area (Å²) in [6.45, 7) is 7.22. The first-order chi connectivity index (χ1) is 17.0. The van der Waals surface area contributed by atoms with Crippen LogP contribution in [-0.2, 0) is 22.6 Å². The zero-order valence-corrected chi connectivity index (χ0v) is 22.6. The van der Waals surface area contributed by atoms with Crippen LogP contribution in [0.15, 0.2) is 77.3 Å². The van der Waals surface area contributed by atoms with Crippen LogP contribution in [-0.4, -0.2) is 34.9 Å². The lowest BCUT2D eigenvalue weighted by molar-refractivity contribution is -0.143. The number of hydrogen-bond acceptors (Lipinski definition) is 3. The Balaban J connectivity index is 1.94. The summed E-state index contributed by atoms with van der Waals surface area (Å²) < 4.78 is 21.4. The van der Waals surface area contributed by atoms with E-state index in [4.69, 9.17) is 4.74 Å². The summed E-state index contributed by atoms with van der Waals surface area (Å²) in [6.07, 6.45) is 0.278. The molecule has 36 heavy (non-hydrogen) atoms. The highest BCUT2D eigenvalue weighted by atomic mass is 79.9. The number of carbonyl (C=O) groups is 2. The van der Waals surface area contributed by atoms with Crippen molar-refractivity contribution in [1.82, 2.24) is 10.2 Å². The zero-order chi connectivity index (χ0) is 26.3. The van der Waals surface area contributed by atoms with E-state index >= 15 is 0 Å². The van der Waals surface area contributed by atoms with E-state index < -0.39 is 23.3 Å². The molecular weight excluding hydrogens is 523 g/mol. The largest absolute Gasteiger partial charge is 0.484 e. The molecule has 0 saturated carbocycles. The fourth-order valence-corrected chi connectivity index (χ4v) is 4.00. The number of nitrogens with one attached hydrogen (secondary N) is 1. The zero-order valence-electron chi connectivity index (χ0n) is 21.1. The standard InChI is InChI=1S/C29H32BrFN2O3/c1-20-16-23(14-15-24(20)30)36-19-27(34)33(18-22-12-8-9-13-25(22)31)26(28(35)32-29(2,3)4)17-21-10-6-5-7-11-21/h5-16,26H,17-19H2,1-4H3,(H,32,35). The van der Waals surface area contributed by atoms with Crippen LogP contribution in [0.25, 0.3) is 0 Å². The third kappa shape index (κ3) is 7.92. The average molecular weight is 555 g/mol. The summed E-state index contributed by atoms with van der Waals surface area (Å²) in [6, 6.07) is 20.3. The molecule has 3 aromatic rings. The molecule has 0 spiro atoms. The molecule has 1 N–H and O–H groups in total. The Labute approximate surface area is 220 Å². The number of carbonyl (C=O) groups excluding carboxylic acids is 2. The molecule has 0 aromatic heterocycles. The maximum Gasteiger partial charge on any atom is 0.261 e. The third-order valence-electron chi connectivity index (χ3n) is 5.56. The molecule has 0 radical (unpaired) electrons. The summed E-state index contributed by atoms with van der Waals surface area (Å²) in [5, 5.41) is 2.99. The predicted molar refractivity (Wildman–Crippen MR) is 143 cm³/mol. The highest BCUT2D eigenvalue weighted by molar-refractivity contribution is 9.10. The molecule has 0 saturated heterocycles. The summed E-state index contributed by atoms with van der Waals surface area (Å²) in [7, 11) is 0. The Bertz CT molecular complexity index is 1190. The van der Waals surface area contributed by atoms with Crippen molar-refractivity contribution in [2.45, 2.75) is 52.2 Å². The summed E-state index contributed by atoms with van der Waals surface area (Å²) in [5.41, 5.74) is 1.67. The maximum atomic E-state index is 14.6. The number of aryl methyl sites for hydroxylation is 1. The van der Waals surface area contributed by atoms with E-state index in [-0.39, 0.29) is 25.5 Å². The van der Waals surface area contributed by atoms with Crippen molar-refractivity contribution in [2.24, 2.45) is 0 Å². The van der Waals surface area contributed by atoms with Gasteiger partial charge >= 0.3 is 0 Å². The molecule has 7 heteroatoms. The second-order valence-corrected chi connectivity index (χ2v) is 10.6. The van der Waals surface area contributed by atoms with Gasteiger partial charge in [0.2, 0.25) is 5.91 Å². The van der Waals surface area contributed by atoms with Gasteiger partial charge in [0.25, 0.3) is 5.91 Å². The fourth-order valence-electron chi connectivity index (χ4n) is 3.75. The molecule has 0 aliphatic carbocycles. The smallest absolute Gasteiger partial charge is 0.261 e. The monoisotopic (exact) mass is 554 g/mol. The quantitative estimate of drug-likeness (QED) is 0.362. The maximum absolute atomic E-state index is 14.6. The Kier molecular flexibility index (Phi) is 9.26. The minimum Gasteiger partial charge on any atom is -0.484 e. The topological polar surface area (TPSA) is 58.6 Å². The van der Waals surface area contributed by atoms with Gasteiger partial charge in [-0.25, -0.2) is 4.39 Å². The minimum absolute atomic E-state index is 0.0662. The van der Waals surface area contributed by atoms with Gasteiger partial charge in [-0.2, -0.15) is 0 Å². The van der Waals surface area contributed by atoms with Crippen molar-refractivity contribution < 1.29 is 18.7 Å². The Hall–Kier alpha value is -3.19. The molecule has 0 heterocycles. The first kappa shape index (κ1) is 27.4. The Morgan fingerprint density at radius 2 is 1.69 bits per heavy atom. The van der Waals surface area contributed by atoms with Gasteiger partial charge in [-0.3, -0.25) is 9.59 Å². The van der Waals surface area contributed by atoms with Crippen LogP contribution in [0.2, 0.25) is 0 Å². The summed E-state index contributed by atoms with van der Waals surface area (Å²) >= 11 is 3.46. The molecule has 3 rings (SSSR count). The van der Waals surface area contributed by atoms with Gasteiger partial charge in [-0.1, -0.05) is 64.5 Å². The number of halogens is 2. The first-order valence-corrected chi connectivity index (χ1v) is 12.6. The molecule has 3 aromatic carbocycles. The second kappa shape index (κ2) is 12.2. The van der Waals surface area contributed by atoms with Gasteiger partial charge in [-0.15, -0.1) is 0 Å². The molecule has 0 aliphatic heterocycles. The van der Waals surface area contributed by atoms with Crippen LogP contribution >= 0.6 is 15.9 Å². The van der Waals surface area contributed by atoms with E-state index in [9.17, 15) is 14.0 Å². The molecule has 0 bridgehead atoms. The minimum atomic E-state index is -0.867. The van der Waals surface area contributed by atoms with Gasteiger partial charge in [0.15, 0.2) is 6.61 Å². The van der Waals surface area contributed by atoms with Crippen LogP contribution in [0.3, 0.4) is 0 Å². The highest BCUT2D eigenvalue weighted by Crippen LogP contribution is 2.22. The van der Waals surface area contributed by atoms with E-state index in [1.807, 2.05) is 70.2 Å². The lowest BCUT2D eigenvalue weighted by Crippen LogP contribution is -2.55. The van der Waals surface area contributed by atoms with Crippen LogP contribution in [0.1, 0.15) is 37.5 Å². The molecule has 190 valence electrons. The van der Waals surface area contributed by atoms with Crippen LogP contribution < -0.4 is 10.1 Å². The van der Waals surface area contributed by atoms with Crippen molar-refractivity contribution in [3.05, 3.63) is 99.8 Å². The average Bonchev–Trinajstić information content (AvgIpc) is 2.82. The van der Waals surface area contributed by atoms with E-state index in [2.05, 4.69) is 21.2 Å². The number of hydrogen-bond donors (Lipinski definition) is 1. The number of benzene rings is 3. The summed E-state index contributed by atoms with van der Waals surface area (Å²) in [5.74, 6) is -0.623. The van der Waals surface area contributed by atoms with E-state index in [1.54, 1.807) is 24.3 Å². The van der Waals surface area contributed by atoms with Gasteiger partial charge in [-0.05, 0) is 63.1 Å². The fraction of sp³-hybridized carbons (Fsp3) is 0.310. The second-order valence-electron chi connectivity index (χ2n) is 9.76. The van der Waals surface area contributed by atoms with Crippen molar-refractivity contribution in [2.75, 3.05) is 6.61 Å². The van der Waals surface area contributed by atoms with Gasteiger partial charge in [0.05, 0.1) is 0 Å². The Morgan fingerprint density at radius 3 is 2.33 bits per heavy atom. The molecule has 1 atom stereocenters. The van der Waals surface area contributed by atoms with E-state index in [0.29, 0.717) is 11.3 Å². The molecule has 5 nitrogen and oxygen atoms in total. The van der Waals surface area contributed by atoms with Crippen molar-refractivity contribution in [3.8, 4) is 5.75 Å². The van der Waals surface area contributed by atoms with Crippen LogP contribution in [0.5, 0.6) is 5.75 Å². The first-order valence-electron chi connectivity index (χ1n) is 11.8. The lowest BCUT2D eigenvalue weighted by atomic mass is 10.0. The lowest BCUT2D eigenvalue weighted by Gasteiger charge is -2.33. The van der Waals surface area contributed by atoms with Gasteiger partial charge in [0.1, 0.15) is 17.6 Å². The SMILES string of the molecule is Cc1cc(OCC(=O)N(Cc2ccccc2F)C(Cc2ccccc2)C(=O)NC(C)(C)C)ccc1Br.